The lowest BCUT2D eigenvalue weighted by Crippen LogP contribution is -1.87. The molecular formula is C8H6F2O2. The number of hydrogen-bond donors (Lipinski definition) is 1. The summed E-state index contributed by atoms with van der Waals surface area (Å²) in [5.41, 5.74) is -0.386. The van der Waals surface area contributed by atoms with E-state index >= 15 is 0 Å². The predicted octanol–water partition coefficient (Wildman–Crippen LogP) is 2.14. The van der Waals surface area contributed by atoms with Gasteiger partial charge in [0, 0.05) is 5.56 Å². The maximum Gasteiger partial charge on any atom is 0.263 e. The van der Waals surface area contributed by atoms with Crippen LogP contribution in [0.15, 0.2) is 18.2 Å². The summed E-state index contributed by atoms with van der Waals surface area (Å²) in [5, 5.41) is 8.94. The molecule has 0 aromatic heterocycles. The molecule has 0 atom stereocenters. The maximum atomic E-state index is 12.0. The number of benzene rings is 1. The average Bonchev–Trinajstić information content (AvgIpc) is 2.05. The molecule has 1 aromatic rings. The van der Waals surface area contributed by atoms with E-state index in [0.29, 0.717) is 6.29 Å². The largest absolute Gasteiger partial charge is 0.507 e. The number of alkyl halides is 2. The molecule has 0 aliphatic carbocycles. The van der Waals surface area contributed by atoms with Crippen molar-refractivity contribution < 1.29 is 18.7 Å². The first-order valence-corrected chi connectivity index (χ1v) is 3.21. The van der Waals surface area contributed by atoms with Gasteiger partial charge >= 0.3 is 0 Å². The van der Waals surface area contributed by atoms with Crippen LogP contribution in [-0.2, 0) is 0 Å². The van der Waals surface area contributed by atoms with Crippen molar-refractivity contribution in [2.75, 3.05) is 0 Å². The van der Waals surface area contributed by atoms with Crippen molar-refractivity contribution in [3.8, 4) is 5.75 Å². The first-order valence-electron chi connectivity index (χ1n) is 3.21. The molecule has 0 saturated carbocycles. The van der Waals surface area contributed by atoms with Gasteiger partial charge in [0.05, 0.1) is 5.56 Å². The van der Waals surface area contributed by atoms with Gasteiger partial charge in [-0.15, -0.1) is 0 Å². The Hall–Kier alpha value is -1.45. The van der Waals surface area contributed by atoms with Gasteiger partial charge in [-0.2, -0.15) is 0 Å². The summed E-state index contributed by atoms with van der Waals surface area (Å²) >= 11 is 0. The van der Waals surface area contributed by atoms with Crippen molar-refractivity contribution >= 4 is 6.29 Å². The zero-order chi connectivity index (χ0) is 9.14. The van der Waals surface area contributed by atoms with Gasteiger partial charge in [-0.1, -0.05) is 0 Å². The Morgan fingerprint density at radius 2 is 2.08 bits per heavy atom. The summed E-state index contributed by atoms with van der Waals surface area (Å²) in [6, 6.07) is 3.12. The van der Waals surface area contributed by atoms with Gasteiger partial charge in [0.25, 0.3) is 6.43 Å². The third-order valence-corrected chi connectivity index (χ3v) is 1.43. The van der Waals surface area contributed by atoms with Gasteiger partial charge in [0.2, 0.25) is 0 Å². The average molecular weight is 172 g/mol. The van der Waals surface area contributed by atoms with E-state index in [1.54, 1.807) is 0 Å². The molecule has 0 fully saturated rings. The highest BCUT2D eigenvalue weighted by molar-refractivity contribution is 5.79. The van der Waals surface area contributed by atoms with Crippen LogP contribution in [0.25, 0.3) is 0 Å². The molecule has 1 aromatic carbocycles. The molecule has 0 bridgehead atoms. The molecule has 2 nitrogen and oxygen atoms in total. The van der Waals surface area contributed by atoms with Crippen molar-refractivity contribution in [1.29, 1.82) is 0 Å². The van der Waals surface area contributed by atoms with E-state index in [9.17, 15) is 13.6 Å². The molecule has 0 radical (unpaired) electrons. The Morgan fingerprint density at radius 1 is 1.42 bits per heavy atom. The first kappa shape index (κ1) is 8.64. The number of hydrogen-bond acceptors (Lipinski definition) is 2. The zero-order valence-electron chi connectivity index (χ0n) is 6.00. The number of carbonyl (C=O) groups excluding carboxylic acids is 1. The monoisotopic (exact) mass is 172 g/mol. The van der Waals surface area contributed by atoms with Crippen LogP contribution in [0.1, 0.15) is 22.3 Å². The third kappa shape index (κ3) is 1.58. The highest BCUT2D eigenvalue weighted by Crippen LogP contribution is 2.23. The lowest BCUT2D eigenvalue weighted by atomic mass is 10.1. The minimum Gasteiger partial charge on any atom is -0.507 e. The molecule has 0 spiro atoms. The van der Waals surface area contributed by atoms with E-state index in [2.05, 4.69) is 0 Å². The molecule has 0 unspecified atom stereocenters. The molecule has 12 heavy (non-hydrogen) atoms. The van der Waals surface area contributed by atoms with Crippen LogP contribution in [-0.4, -0.2) is 11.4 Å². The van der Waals surface area contributed by atoms with Crippen LogP contribution in [0.4, 0.5) is 8.78 Å². The van der Waals surface area contributed by atoms with Crippen LogP contribution in [0.5, 0.6) is 5.75 Å². The van der Waals surface area contributed by atoms with E-state index in [1.807, 2.05) is 0 Å². The number of aromatic hydroxyl groups is 1. The van der Waals surface area contributed by atoms with Crippen LogP contribution < -0.4 is 0 Å². The van der Waals surface area contributed by atoms with Gasteiger partial charge in [0.1, 0.15) is 5.75 Å². The van der Waals surface area contributed by atoms with Crippen molar-refractivity contribution in [3.63, 3.8) is 0 Å². The summed E-state index contributed by atoms with van der Waals surface area (Å²) in [7, 11) is 0. The lowest BCUT2D eigenvalue weighted by molar-refractivity contribution is 0.112. The molecule has 1 rings (SSSR count). The van der Waals surface area contributed by atoms with E-state index in [-0.39, 0.29) is 16.9 Å². The van der Waals surface area contributed by atoms with Crippen LogP contribution in [0.3, 0.4) is 0 Å². The zero-order valence-corrected chi connectivity index (χ0v) is 6.00. The smallest absolute Gasteiger partial charge is 0.263 e. The van der Waals surface area contributed by atoms with Crippen molar-refractivity contribution in [2.45, 2.75) is 6.43 Å². The number of halogens is 2. The van der Waals surface area contributed by atoms with Gasteiger partial charge in [-0.05, 0) is 18.2 Å². The second-order valence-electron chi connectivity index (χ2n) is 2.24. The SMILES string of the molecule is O=Cc1cc(C(F)F)ccc1O. The van der Waals surface area contributed by atoms with Crippen LogP contribution >= 0.6 is 0 Å². The Balaban J connectivity index is 3.13. The van der Waals surface area contributed by atoms with Crippen LogP contribution in [0.2, 0.25) is 0 Å². The third-order valence-electron chi connectivity index (χ3n) is 1.43. The second-order valence-corrected chi connectivity index (χ2v) is 2.24. The lowest BCUT2D eigenvalue weighted by Gasteiger charge is -2.01. The normalized spacial score (nSPS) is 10.2. The minimum atomic E-state index is -2.62. The van der Waals surface area contributed by atoms with E-state index in [4.69, 9.17) is 5.11 Å². The van der Waals surface area contributed by atoms with Gasteiger partial charge in [-0.25, -0.2) is 8.78 Å². The number of aldehydes is 1. The molecule has 0 amide bonds. The van der Waals surface area contributed by atoms with E-state index < -0.39 is 6.43 Å². The highest BCUT2D eigenvalue weighted by Gasteiger charge is 2.09. The van der Waals surface area contributed by atoms with Crippen molar-refractivity contribution in [1.82, 2.24) is 0 Å². The molecule has 4 heteroatoms. The van der Waals surface area contributed by atoms with Crippen LogP contribution in [0, 0.1) is 0 Å². The molecule has 0 aliphatic rings. The standard InChI is InChI=1S/C8H6F2O2/c9-8(10)5-1-2-7(12)6(3-5)4-11/h1-4,8,12H. The van der Waals surface area contributed by atoms with Crippen molar-refractivity contribution in [3.05, 3.63) is 29.3 Å². The molecule has 0 aliphatic heterocycles. The van der Waals surface area contributed by atoms with E-state index in [0.717, 1.165) is 18.2 Å². The number of rotatable bonds is 2. The molecule has 1 N–H and O–H groups in total. The van der Waals surface area contributed by atoms with Crippen molar-refractivity contribution in [2.24, 2.45) is 0 Å². The fourth-order valence-corrected chi connectivity index (χ4v) is 0.803. The Morgan fingerprint density at radius 3 is 2.58 bits per heavy atom. The van der Waals surface area contributed by atoms with Gasteiger partial charge in [-0.3, -0.25) is 4.79 Å². The topological polar surface area (TPSA) is 37.3 Å². The predicted molar refractivity (Wildman–Crippen MR) is 38.5 cm³/mol. The molecule has 0 heterocycles. The Labute approximate surface area is 67.4 Å². The Bertz CT molecular complexity index is 297. The summed E-state index contributed by atoms with van der Waals surface area (Å²) in [6.45, 7) is 0. The first-order chi connectivity index (χ1) is 5.65. The number of carbonyl (C=O) groups is 1. The summed E-state index contributed by atoms with van der Waals surface area (Å²) in [6.07, 6.45) is -2.29. The fourth-order valence-electron chi connectivity index (χ4n) is 0.803. The minimum absolute atomic E-state index is 0.118. The summed E-state index contributed by atoms with van der Waals surface area (Å²) in [4.78, 5) is 10.2. The van der Waals surface area contributed by atoms with E-state index in [1.165, 1.54) is 0 Å². The number of phenolic OH excluding ortho intramolecular Hbond substituents is 1. The number of phenols is 1. The summed E-state index contributed by atoms with van der Waals surface area (Å²) < 4.78 is 24.0. The molecule has 64 valence electrons. The quantitative estimate of drug-likeness (QED) is 0.694. The fraction of sp³-hybridized carbons (Fsp3) is 0.125. The summed E-state index contributed by atoms with van der Waals surface area (Å²) in [5.74, 6) is -0.283. The van der Waals surface area contributed by atoms with Gasteiger partial charge < -0.3 is 5.11 Å². The van der Waals surface area contributed by atoms with Gasteiger partial charge in [0.15, 0.2) is 6.29 Å². The Kier molecular flexibility index (Phi) is 2.38. The maximum absolute atomic E-state index is 12.0. The highest BCUT2D eigenvalue weighted by atomic mass is 19.3. The molecular weight excluding hydrogens is 166 g/mol. The molecule has 0 saturated heterocycles. The second kappa shape index (κ2) is 3.30.